The molecule has 0 bridgehead atoms. The fourth-order valence-corrected chi connectivity index (χ4v) is 2.76. The van der Waals surface area contributed by atoms with Crippen LogP contribution in [-0.2, 0) is 0 Å². The molecule has 3 aromatic carbocycles. The molecule has 130 valence electrons. The zero-order valence-electron chi connectivity index (χ0n) is 14.3. The van der Waals surface area contributed by atoms with Gasteiger partial charge in [0.1, 0.15) is 0 Å². The first-order valence-electron chi connectivity index (χ1n) is 8.10. The van der Waals surface area contributed by atoms with E-state index < -0.39 is 0 Å². The third-order valence-electron chi connectivity index (χ3n) is 3.81. The Hall–Kier alpha value is -3.05. The minimum Gasteiger partial charge on any atom is -0.397 e. The third kappa shape index (κ3) is 4.52. The molecule has 0 atom stereocenters. The van der Waals surface area contributed by atoms with Crippen molar-refractivity contribution in [1.29, 1.82) is 0 Å². The van der Waals surface area contributed by atoms with E-state index in [0.717, 1.165) is 21.8 Å². The van der Waals surface area contributed by atoms with Crippen LogP contribution in [-0.4, -0.2) is 18.4 Å². The molecule has 4 nitrogen and oxygen atoms in total. The van der Waals surface area contributed by atoms with E-state index >= 15 is 0 Å². The molecule has 0 heterocycles. The largest absolute Gasteiger partial charge is 0.397 e. The van der Waals surface area contributed by atoms with Crippen molar-refractivity contribution in [3.8, 4) is 0 Å². The van der Waals surface area contributed by atoms with Crippen molar-refractivity contribution in [2.45, 2.75) is 4.90 Å². The molecule has 0 aliphatic heterocycles. The van der Waals surface area contributed by atoms with Gasteiger partial charge in [0.15, 0.2) is 0 Å². The number of nitrogens with one attached hydrogen (secondary N) is 1. The second kappa shape index (κ2) is 8.36. The lowest BCUT2D eigenvalue weighted by Gasteiger charge is -2.06. The molecule has 3 aromatic rings. The first-order chi connectivity index (χ1) is 12.7. The van der Waals surface area contributed by atoms with E-state index in [1.54, 1.807) is 18.0 Å². The SMILES string of the molecule is CSc1ccc(C(=O)Nc2ccc(C=Nc3ccccc3N)cc2)cc1. The van der Waals surface area contributed by atoms with E-state index in [4.69, 9.17) is 5.73 Å². The minimum atomic E-state index is -0.129. The number of para-hydroxylation sites is 2. The van der Waals surface area contributed by atoms with E-state index in [1.165, 1.54) is 0 Å². The van der Waals surface area contributed by atoms with Gasteiger partial charge in [0, 0.05) is 22.4 Å². The number of carbonyl (C=O) groups is 1. The lowest BCUT2D eigenvalue weighted by molar-refractivity contribution is 0.102. The van der Waals surface area contributed by atoms with E-state index in [0.29, 0.717) is 11.3 Å². The summed E-state index contributed by atoms with van der Waals surface area (Å²) < 4.78 is 0. The van der Waals surface area contributed by atoms with Gasteiger partial charge in [-0.05, 0) is 60.4 Å². The van der Waals surface area contributed by atoms with Crippen molar-refractivity contribution in [2.24, 2.45) is 4.99 Å². The van der Waals surface area contributed by atoms with Gasteiger partial charge in [0.25, 0.3) is 5.91 Å². The maximum Gasteiger partial charge on any atom is 0.255 e. The normalized spacial score (nSPS) is 10.8. The first kappa shape index (κ1) is 17.8. The zero-order valence-corrected chi connectivity index (χ0v) is 15.2. The summed E-state index contributed by atoms with van der Waals surface area (Å²) in [5.41, 5.74) is 9.54. The number of nitrogens with zero attached hydrogens (tertiary/aromatic N) is 1. The fourth-order valence-electron chi connectivity index (χ4n) is 2.35. The maximum atomic E-state index is 12.3. The number of hydrogen-bond donors (Lipinski definition) is 2. The van der Waals surface area contributed by atoms with Crippen LogP contribution in [0.15, 0.2) is 82.7 Å². The Morgan fingerprint density at radius 2 is 1.69 bits per heavy atom. The van der Waals surface area contributed by atoms with Crippen molar-refractivity contribution < 1.29 is 4.79 Å². The highest BCUT2D eigenvalue weighted by atomic mass is 32.2. The van der Waals surface area contributed by atoms with Gasteiger partial charge < -0.3 is 11.1 Å². The molecule has 26 heavy (non-hydrogen) atoms. The molecule has 0 saturated carbocycles. The van der Waals surface area contributed by atoms with Crippen LogP contribution < -0.4 is 11.1 Å². The second-order valence-corrected chi connectivity index (χ2v) is 6.50. The average molecular weight is 361 g/mol. The second-order valence-electron chi connectivity index (χ2n) is 5.62. The Balaban J connectivity index is 1.65. The summed E-state index contributed by atoms with van der Waals surface area (Å²) >= 11 is 1.65. The molecule has 0 saturated heterocycles. The Kier molecular flexibility index (Phi) is 5.71. The summed E-state index contributed by atoms with van der Waals surface area (Å²) in [5, 5.41) is 2.90. The third-order valence-corrected chi connectivity index (χ3v) is 4.55. The number of aliphatic imine (C=N–C) groups is 1. The van der Waals surface area contributed by atoms with Crippen molar-refractivity contribution in [3.05, 3.63) is 83.9 Å². The highest BCUT2D eigenvalue weighted by Crippen LogP contribution is 2.20. The maximum absolute atomic E-state index is 12.3. The van der Waals surface area contributed by atoms with Crippen LogP contribution in [0.5, 0.6) is 0 Å². The van der Waals surface area contributed by atoms with Gasteiger partial charge in [-0.2, -0.15) is 0 Å². The summed E-state index contributed by atoms with van der Waals surface area (Å²) in [6, 6.07) is 22.5. The predicted octanol–water partition coefficient (Wildman–Crippen LogP) is 4.99. The molecular weight excluding hydrogens is 342 g/mol. The number of thioether (sulfide) groups is 1. The smallest absolute Gasteiger partial charge is 0.255 e. The van der Waals surface area contributed by atoms with Gasteiger partial charge in [0.05, 0.1) is 11.4 Å². The molecule has 0 aliphatic rings. The van der Waals surface area contributed by atoms with Crippen molar-refractivity contribution in [1.82, 2.24) is 0 Å². The zero-order chi connectivity index (χ0) is 18.4. The number of anilines is 2. The molecule has 0 radical (unpaired) electrons. The number of rotatable bonds is 5. The van der Waals surface area contributed by atoms with E-state index in [1.807, 2.05) is 79.1 Å². The molecule has 0 fully saturated rings. The van der Waals surface area contributed by atoms with E-state index in [9.17, 15) is 4.79 Å². The predicted molar refractivity (Wildman–Crippen MR) is 111 cm³/mol. The Morgan fingerprint density at radius 3 is 2.35 bits per heavy atom. The molecule has 1 amide bonds. The molecule has 3 N–H and O–H groups in total. The van der Waals surface area contributed by atoms with Gasteiger partial charge in [0.2, 0.25) is 0 Å². The summed E-state index contributed by atoms with van der Waals surface area (Å²) in [6.07, 6.45) is 3.75. The molecular formula is C21H19N3OS. The van der Waals surface area contributed by atoms with Crippen molar-refractivity contribution >= 4 is 40.9 Å². The summed E-state index contributed by atoms with van der Waals surface area (Å²) in [4.78, 5) is 17.8. The number of amides is 1. The molecule has 0 aromatic heterocycles. The van der Waals surface area contributed by atoms with Crippen LogP contribution in [0.3, 0.4) is 0 Å². The molecule has 0 unspecified atom stereocenters. The lowest BCUT2D eigenvalue weighted by Crippen LogP contribution is -2.11. The first-order valence-corrected chi connectivity index (χ1v) is 9.32. The lowest BCUT2D eigenvalue weighted by atomic mass is 10.2. The highest BCUT2D eigenvalue weighted by molar-refractivity contribution is 7.98. The molecule has 5 heteroatoms. The Bertz CT molecular complexity index is 919. The number of carbonyl (C=O) groups excluding carboxylic acids is 1. The molecule has 0 aliphatic carbocycles. The van der Waals surface area contributed by atoms with Gasteiger partial charge in [-0.1, -0.05) is 24.3 Å². The van der Waals surface area contributed by atoms with Gasteiger partial charge in [-0.15, -0.1) is 11.8 Å². The number of nitrogen functional groups attached to an aromatic ring is 1. The molecule has 0 spiro atoms. The van der Waals surface area contributed by atoms with Crippen LogP contribution >= 0.6 is 11.8 Å². The number of benzene rings is 3. The summed E-state index contributed by atoms with van der Waals surface area (Å²) in [7, 11) is 0. The van der Waals surface area contributed by atoms with Crippen LogP contribution in [0, 0.1) is 0 Å². The van der Waals surface area contributed by atoms with Crippen LogP contribution in [0.4, 0.5) is 17.1 Å². The van der Waals surface area contributed by atoms with Gasteiger partial charge >= 0.3 is 0 Å². The van der Waals surface area contributed by atoms with E-state index in [-0.39, 0.29) is 5.91 Å². The Morgan fingerprint density at radius 1 is 1.00 bits per heavy atom. The highest BCUT2D eigenvalue weighted by Gasteiger charge is 2.05. The average Bonchev–Trinajstić information content (AvgIpc) is 2.68. The van der Waals surface area contributed by atoms with E-state index in [2.05, 4.69) is 10.3 Å². The molecule has 3 rings (SSSR count). The number of nitrogens with two attached hydrogens (primary N) is 1. The van der Waals surface area contributed by atoms with Crippen LogP contribution in [0.25, 0.3) is 0 Å². The summed E-state index contributed by atoms with van der Waals surface area (Å²) in [5.74, 6) is -0.129. The fraction of sp³-hybridized carbons (Fsp3) is 0.0476. The van der Waals surface area contributed by atoms with Crippen LogP contribution in [0.1, 0.15) is 15.9 Å². The van der Waals surface area contributed by atoms with Crippen molar-refractivity contribution in [2.75, 3.05) is 17.3 Å². The van der Waals surface area contributed by atoms with Crippen LogP contribution in [0.2, 0.25) is 0 Å². The minimum absolute atomic E-state index is 0.129. The topological polar surface area (TPSA) is 67.5 Å². The standard InChI is InChI=1S/C21H19N3OS/c1-26-18-12-8-16(9-13-18)21(25)24-17-10-6-15(7-11-17)14-23-20-5-3-2-4-19(20)22/h2-14H,22H2,1H3,(H,24,25). The number of hydrogen-bond acceptors (Lipinski definition) is 4. The van der Waals surface area contributed by atoms with Gasteiger partial charge in [-0.25, -0.2) is 0 Å². The summed E-state index contributed by atoms with van der Waals surface area (Å²) in [6.45, 7) is 0. The van der Waals surface area contributed by atoms with Crippen molar-refractivity contribution in [3.63, 3.8) is 0 Å². The Labute approximate surface area is 157 Å². The quantitative estimate of drug-likeness (QED) is 0.382. The monoisotopic (exact) mass is 361 g/mol. The van der Waals surface area contributed by atoms with Gasteiger partial charge in [-0.3, -0.25) is 9.79 Å².